The van der Waals surface area contributed by atoms with Crippen molar-refractivity contribution in [2.24, 2.45) is 0 Å². The summed E-state index contributed by atoms with van der Waals surface area (Å²) in [6, 6.07) is 13.0. The number of hydrogen-bond acceptors (Lipinski definition) is 1. The molecule has 1 N–H and O–H groups in total. The smallest absolute Gasteiger partial charge is 0.125 e. The van der Waals surface area contributed by atoms with E-state index in [-0.39, 0.29) is 11.9 Å². The van der Waals surface area contributed by atoms with Gasteiger partial charge in [-0.25, -0.2) is 4.39 Å². The molecule has 1 atom stereocenters. The molecule has 1 nitrogen and oxygen atoms in total. The molecular weight excluding hydrogens is 285 g/mol. The Morgan fingerprint density at radius 3 is 2.52 bits per heavy atom. The van der Waals surface area contributed by atoms with E-state index in [4.69, 9.17) is 11.6 Å². The van der Waals surface area contributed by atoms with Crippen LogP contribution in [-0.2, 0) is 6.42 Å². The lowest BCUT2D eigenvalue weighted by molar-refractivity contribution is 0.628. The van der Waals surface area contributed by atoms with Gasteiger partial charge in [0.2, 0.25) is 0 Å². The second kappa shape index (κ2) is 7.46. The first kappa shape index (κ1) is 15.8. The van der Waals surface area contributed by atoms with E-state index in [1.165, 1.54) is 30.5 Å². The summed E-state index contributed by atoms with van der Waals surface area (Å²) in [6.45, 7) is 4.24. The van der Waals surface area contributed by atoms with Crippen molar-refractivity contribution in [3.63, 3.8) is 0 Å². The summed E-state index contributed by atoms with van der Waals surface area (Å²) >= 11 is 6.08. The quantitative estimate of drug-likeness (QED) is 0.690. The van der Waals surface area contributed by atoms with Gasteiger partial charge in [0.1, 0.15) is 5.82 Å². The minimum absolute atomic E-state index is 0.0736. The third-order valence-corrected chi connectivity index (χ3v) is 3.93. The largest absolute Gasteiger partial charge is 0.377 e. The Bertz CT molecular complexity index is 580. The number of benzene rings is 2. The Labute approximate surface area is 131 Å². The molecule has 0 aliphatic carbocycles. The second-order valence-corrected chi connectivity index (χ2v) is 5.74. The number of halogens is 2. The van der Waals surface area contributed by atoms with E-state index in [1.807, 2.05) is 6.92 Å². The number of rotatable bonds is 6. The van der Waals surface area contributed by atoms with Crippen LogP contribution in [0.25, 0.3) is 0 Å². The molecule has 3 heteroatoms. The molecule has 0 amide bonds. The van der Waals surface area contributed by atoms with E-state index < -0.39 is 0 Å². The number of aryl methyl sites for hydroxylation is 1. The molecule has 0 radical (unpaired) electrons. The lowest BCUT2D eigenvalue weighted by Crippen LogP contribution is -2.07. The summed E-state index contributed by atoms with van der Waals surface area (Å²) in [7, 11) is 0. The van der Waals surface area contributed by atoms with Gasteiger partial charge >= 0.3 is 0 Å². The fourth-order valence-corrected chi connectivity index (χ4v) is 2.45. The van der Waals surface area contributed by atoms with Crippen molar-refractivity contribution in [2.45, 2.75) is 39.2 Å². The summed E-state index contributed by atoms with van der Waals surface area (Å²) in [5, 5.41) is 3.79. The highest BCUT2D eigenvalue weighted by Crippen LogP contribution is 2.27. The average Bonchev–Trinajstić information content (AvgIpc) is 2.49. The van der Waals surface area contributed by atoms with Crippen molar-refractivity contribution in [3.8, 4) is 0 Å². The van der Waals surface area contributed by atoms with Crippen molar-refractivity contribution in [1.82, 2.24) is 0 Å². The third kappa shape index (κ3) is 4.47. The maximum Gasteiger partial charge on any atom is 0.125 e. The summed E-state index contributed by atoms with van der Waals surface area (Å²) in [4.78, 5) is 0. The summed E-state index contributed by atoms with van der Waals surface area (Å²) in [5.41, 5.74) is 3.14. The van der Waals surface area contributed by atoms with E-state index in [9.17, 15) is 4.39 Å². The zero-order valence-corrected chi connectivity index (χ0v) is 13.3. The van der Waals surface area contributed by atoms with Gasteiger partial charge in [0.05, 0.1) is 10.7 Å². The molecule has 0 aliphatic heterocycles. The first-order chi connectivity index (χ1) is 10.1. The minimum atomic E-state index is -0.288. The molecule has 0 saturated heterocycles. The van der Waals surface area contributed by atoms with Crippen LogP contribution < -0.4 is 5.32 Å². The van der Waals surface area contributed by atoms with E-state index in [1.54, 1.807) is 6.07 Å². The molecular formula is C18H21ClFN. The molecule has 0 aromatic heterocycles. The molecule has 0 fully saturated rings. The zero-order chi connectivity index (χ0) is 15.2. The Morgan fingerprint density at radius 1 is 1.14 bits per heavy atom. The number of unbranched alkanes of at least 4 members (excludes halogenated alkanes) is 1. The van der Waals surface area contributed by atoms with Crippen molar-refractivity contribution >= 4 is 17.3 Å². The predicted octanol–water partition coefficient (Wildman–Crippen LogP) is 5.99. The van der Waals surface area contributed by atoms with Crippen LogP contribution >= 0.6 is 11.6 Å². The molecule has 2 aromatic rings. The van der Waals surface area contributed by atoms with Crippen LogP contribution in [0.1, 0.15) is 43.9 Å². The highest BCUT2D eigenvalue weighted by molar-refractivity contribution is 6.33. The van der Waals surface area contributed by atoms with Gasteiger partial charge in [0, 0.05) is 6.04 Å². The van der Waals surface area contributed by atoms with Crippen LogP contribution in [0.5, 0.6) is 0 Å². The molecule has 2 aromatic carbocycles. The first-order valence-corrected chi connectivity index (χ1v) is 7.78. The molecule has 1 unspecified atom stereocenters. The third-order valence-electron chi connectivity index (χ3n) is 3.60. The van der Waals surface area contributed by atoms with Gasteiger partial charge in [0.25, 0.3) is 0 Å². The van der Waals surface area contributed by atoms with Crippen molar-refractivity contribution < 1.29 is 4.39 Å². The van der Waals surface area contributed by atoms with Gasteiger partial charge in [-0.3, -0.25) is 0 Å². The highest BCUT2D eigenvalue weighted by atomic mass is 35.5. The normalized spacial score (nSPS) is 12.2. The number of anilines is 1. The topological polar surface area (TPSA) is 12.0 Å². The van der Waals surface area contributed by atoms with Gasteiger partial charge in [-0.2, -0.15) is 0 Å². The zero-order valence-electron chi connectivity index (χ0n) is 12.5. The van der Waals surface area contributed by atoms with E-state index in [2.05, 4.69) is 36.5 Å². The van der Waals surface area contributed by atoms with Crippen molar-refractivity contribution in [2.75, 3.05) is 5.32 Å². The molecule has 0 aliphatic rings. The maximum atomic E-state index is 13.3. The van der Waals surface area contributed by atoms with Gasteiger partial charge in [-0.15, -0.1) is 0 Å². The summed E-state index contributed by atoms with van der Waals surface area (Å²) < 4.78 is 13.3. The fourth-order valence-electron chi connectivity index (χ4n) is 2.28. The molecule has 2 rings (SSSR count). The predicted molar refractivity (Wildman–Crippen MR) is 88.5 cm³/mol. The second-order valence-electron chi connectivity index (χ2n) is 5.34. The van der Waals surface area contributed by atoms with Crippen LogP contribution in [0.15, 0.2) is 42.5 Å². The van der Waals surface area contributed by atoms with Gasteiger partial charge in [-0.1, -0.05) is 49.2 Å². The Hall–Kier alpha value is -1.54. The first-order valence-electron chi connectivity index (χ1n) is 7.40. The number of nitrogens with one attached hydrogen (secondary N) is 1. The number of hydrogen-bond donors (Lipinski definition) is 1. The molecule has 0 spiro atoms. The van der Waals surface area contributed by atoms with Crippen LogP contribution in [0.2, 0.25) is 5.02 Å². The van der Waals surface area contributed by atoms with E-state index >= 15 is 0 Å². The molecule has 112 valence electrons. The lowest BCUT2D eigenvalue weighted by atomic mass is 10.0. The SMILES string of the molecule is CCCCc1ccc(C(C)Nc2cc(F)ccc2Cl)cc1. The molecule has 21 heavy (non-hydrogen) atoms. The van der Waals surface area contributed by atoms with Gasteiger partial charge < -0.3 is 5.32 Å². The maximum absolute atomic E-state index is 13.3. The van der Waals surface area contributed by atoms with E-state index in [0.29, 0.717) is 10.7 Å². The van der Waals surface area contributed by atoms with Crippen molar-refractivity contribution in [1.29, 1.82) is 0 Å². The molecule has 0 saturated carbocycles. The Balaban J connectivity index is 2.05. The van der Waals surface area contributed by atoms with Gasteiger partial charge in [0.15, 0.2) is 0 Å². The summed E-state index contributed by atoms with van der Waals surface area (Å²) in [6.07, 6.45) is 3.54. The Kier molecular flexibility index (Phi) is 5.63. The monoisotopic (exact) mass is 305 g/mol. The minimum Gasteiger partial charge on any atom is -0.377 e. The lowest BCUT2D eigenvalue weighted by Gasteiger charge is -2.17. The van der Waals surface area contributed by atoms with Crippen LogP contribution in [0, 0.1) is 5.82 Å². The Morgan fingerprint density at radius 2 is 1.86 bits per heavy atom. The summed E-state index contributed by atoms with van der Waals surface area (Å²) in [5.74, 6) is -0.288. The fraction of sp³-hybridized carbons (Fsp3) is 0.333. The van der Waals surface area contributed by atoms with Crippen LogP contribution in [-0.4, -0.2) is 0 Å². The van der Waals surface area contributed by atoms with E-state index in [0.717, 1.165) is 12.0 Å². The molecule has 0 heterocycles. The molecule has 0 bridgehead atoms. The highest BCUT2D eigenvalue weighted by Gasteiger charge is 2.08. The van der Waals surface area contributed by atoms with Crippen LogP contribution in [0.4, 0.5) is 10.1 Å². The van der Waals surface area contributed by atoms with Crippen molar-refractivity contribution in [3.05, 3.63) is 64.4 Å². The standard InChI is InChI=1S/C18H21ClFN/c1-3-4-5-14-6-8-15(9-7-14)13(2)21-18-12-16(20)10-11-17(18)19/h6-13,21H,3-5H2,1-2H3. The average molecular weight is 306 g/mol. The van der Waals surface area contributed by atoms with Gasteiger partial charge in [-0.05, 0) is 49.1 Å². The van der Waals surface area contributed by atoms with Crippen LogP contribution in [0.3, 0.4) is 0 Å².